The molecule has 0 spiro atoms. The first-order valence-electron chi connectivity index (χ1n) is 10.1. The van der Waals surface area contributed by atoms with Crippen molar-refractivity contribution in [2.24, 2.45) is 0 Å². The monoisotopic (exact) mass is 399 g/mol. The Morgan fingerprint density at radius 3 is 2.71 bits per heavy atom. The van der Waals surface area contributed by atoms with E-state index in [0.717, 1.165) is 56.6 Å². The van der Waals surface area contributed by atoms with Crippen LogP contribution in [0, 0.1) is 13.8 Å². The summed E-state index contributed by atoms with van der Waals surface area (Å²) in [6.45, 7) is 10.00. The molecule has 2 atom stereocenters. The van der Waals surface area contributed by atoms with E-state index in [4.69, 9.17) is 17.0 Å². The molecule has 0 aromatic carbocycles. The van der Waals surface area contributed by atoms with E-state index in [0.29, 0.717) is 0 Å². The number of hydrogen-bond acceptors (Lipinski definition) is 4. The highest BCUT2D eigenvalue weighted by atomic mass is 32.1. The maximum atomic E-state index is 5.76. The quantitative estimate of drug-likeness (QED) is 0.729. The van der Waals surface area contributed by atoms with E-state index in [9.17, 15) is 0 Å². The van der Waals surface area contributed by atoms with Crippen LogP contribution in [-0.2, 0) is 4.74 Å². The van der Waals surface area contributed by atoms with Crippen LogP contribution in [0.15, 0.2) is 30.5 Å². The molecule has 2 N–H and O–H groups in total. The van der Waals surface area contributed by atoms with Crippen molar-refractivity contribution in [3.05, 3.63) is 53.1 Å². The molecule has 2 saturated heterocycles. The van der Waals surface area contributed by atoms with E-state index >= 15 is 0 Å². The first-order valence-corrected chi connectivity index (χ1v) is 10.5. The Morgan fingerprint density at radius 1 is 1.21 bits per heavy atom. The third-order valence-electron chi connectivity index (χ3n) is 5.68. The summed E-state index contributed by atoms with van der Waals surface area (Å²) >= 11 is 5.76. The number of rotatable bonds is 6. The first-order chi connectivity index (χ1) is 13.6. The molecule has 0 radical (unpaired) electrons. The van der Waals surface area contributed by atoms with Gasteiger partial charge in [-0.2, -0.15) is 0 Å². The normalized spacial score (nSPS) is 23.2. The van der Waals surface area contributed by atoms with Crippen LogP contribution in [0.25, 0.3) is 0 Å². The molecule has 0 saturated carbocycles. The Balaban J connectivity index is 1.54. The summed E-state index contributed by atoms with van der Waals surface area (Å²) in [6.07, 6.45) is 2.93. The molecule has 2 aromatic heterocycles. The number of thiocarbonyl (C=S) groups is 1. The van der Waals surface area contributed by atoms with Crippen molar-refractivity contribution in [1.82, 2.24) is 25.1 Å². The van der Waals surface area contributed by atoms with E-state index < -0.39 is 0 Å². The number of aromatic amines is 1. The van der Waals surface area contributed by atoms with Crippen LogP contribution in [0.2, 0.25) is 0 Å². The topological polar surface area (TPSA) is 56.4 Å². The predicted octanol–water partition coefficient (Wildman–Crippen LogP) is 2.72. The highest BCUT2D eigenvalue weighted by Crippen LogP contribution is 2.40. The lowest BCUT2D eigenvalue weighted by Gasteiger charge is -2.30. The molecule has 2 fully saturated rings. The van der Waals surface area contributed by atoms with Gasteiger partial charge >= 0.3 is 0 Å². The second-order valence-electron chi connectivity index (χ2n) is 7.66. The lowest BCUT2D eigenvalue weighted by molar-refractivity contribution is 0.0365. The Kier molecular flexibility index (Phi) is 5.94. The van der Waals surface area contributed by atoms with E-state index in [2.05, 4.69) is 51.1 Å². The lowest BCUT2D eigenvalue weighted by Crippen LogP contribution is -2.39. The molecular formula is C21H29N5OS. The maximum absolute atomic E-state index is 5.76. The zero-order valence-electron chi connectivity index (χ0n) is 16.6. The van der Waals surface area contributed by atoms with Gasteiger partial charge in [0.2, 0.25) is 0 Å². The molecule has 2 aliphatic heterocycles. The van der Waals surface area contributed by atoms with Crippen molar-refractivity contribution in [2.45, 2.75) is 32.4 Å². The smallest absolute Gasteiger partial charge is 0.170 e. The molecular weight excluding hydrogens is 370 g/mol. The van der Waals surface area contributed by atoms with Gasteiger partial charge in [0.25, 0.3) is 0 Å². The zero-order chi connectivity index (χ0) is 19.5. The van der Waals surface area contributed by atoms with Crippen molar-refractivity contribution >= 4 is 17.3 Å². The fraction of sp³-hybridized carbons (Fsp3) is 0.524. The molecule has 28 heavy (non-hydrogen) atoms. The fourth-order valence-electron chi connectivity index (χ4n) is 4.33. The van der Waals surface area contributed by atoms with Gasteiger partial charge in [-0.1, -0.05) is 6.07 Å². The minimum atomic E-state index is 0.0611. The van der Waals surface area contributed by atoms with Gasteiger partial charge in [0.1, 0.15) is 0 Å². The highest BCUT2D eigenvalue weighted by molar-refractivity contribution is 7.80. The number of nitrogens with one attached hydrogen (secondary N) is 2. The van der Waals surface area contributed by atoms with Gasteiger partial charge in [-0.25, -0.2) is 0 Å². The Morgan fingerprint density at radius 2 is 2.04 bits per heavy atom. The Hall–Kier alpha value is -1.96. The van der Waals surface area contributed by atoms with Gasteiger partial charge in [-0.3, -0.25) is 9.88 Å². The molecule has 0 aliphatic carbocycles. The predicted molar refractivity (Wildman–Crippen MR) is 114 cm³/mol. The maximum Gasteiger partial charge on any atom is 0.170 e. The summed E-state index contributed by atoms with van der Waals surface area (Å²) in [5, 5.41) is 4.36. The lowest BCUT2D eigenvalue weighted by atomic mass is 9.96. The van der Waals surface area contributed by atoms with Crippen LogP contribution in [0.1, 0.15) is 41.1 Å². The summed E-state index contributed by atoms with van der Waals surface area (Å²) in [7, 11) is 0. The molecule has 2 aliphatic rings. The van der Waals surface area contributed by atoms with Crippen LogP contribution in [0.4, 0.5) is 0 Å². The molecule has 150 valence electrons. The average Bonchev–Trinajstić information content (AvgIpc) is 3.21. The number of ether oxygens (including phenoxy) is 1. The number of morpholine rings is 1. The molecule has 4 rings (SSSR count). The van der Waals surface area contributed by atoms with Crippen LogP contribution >= 0.6 is 12.2 Å². The van der Waals surface area contributed by atoms with Crippen molar-refractivity contribution in [3.63, 3.8) is 0 Å². The van der Waals surface area contributed by atoms with Gasteiger partial charge in [0.05, 0.1) is 31.0 Å². The SMILES string of the molecule is Cc1cc([C@H]2[C@@H](c3ccccn3)NC(=S)N2CCCN2CCOCC2)c(C)[nH]1. The molecule has 4 heterocycles. The number of aryl methyl sites for hydroxylation is 2. The number of H-pyrrole nitrogens is 1. The minimum absolute atomic E-state index is 0.0611. The summed E-state index contributed by atoms with van der Waals surface area (Å²) in [5.41, 5.74) is 4.71. The fourth-order valence-corrected chi connectivity index (χ4v) is 4.66. The molecule has 0 unspecified atom stereocenters. The summed E-state index contributed by atoms with van der Waals surface area (Å²) in [4.78, 5) is 12.9. The van der Waals surface area contributed by atoms with Gasteiger partial charge in [0.15, 0.2) is 5.11 Å². The number of aromatic nitrogens is 2. The van der Waals surface area contributed by atoms with E-state index in [1.54, 1.807) is 0 Å². The second kappa shape index (κ2) is 8.59. The van der Waals surface area contributed by atoms with Gasteiger partial charge in [0, 0.05) is 43.8 Å². The molecule has 0 bridgehead atoms. The molecule has 6 nitrogen and oxygen atoms in total. The van der Waals surface area contributed by atoms with Gasteiger partial charge < -0.3 is 19.9 Å². The van der Waals surface area contributed by atoms with Gasteiger partial charge in [-0.05, 0) is 56.2 Å². The number of pyridine rings is 1. The summed E-state index contributed by atoms with van der Waals surface area (Å²) in [5.74, 6) is 0. The van der Waals surface area contributed by atoms with E-state index in [1.165, 1.54) is 17.0 Å². The number of nitrogens with zero attached hydrogens (tertiary/aromatic N) is 3. The summed E-state index contributed by atoms with van der Waals surface area (Å²) in [6, 6.07) is 8.54. The van der Waals surface area contributed by atoms with Crippen molar-refractivity contribution in [2.75, 3.05) is 39.4 Å². The van der Waals surface area contributed by atoms with Crippen molar-refractivity contribution < 1.29 is 4.74 Å². The second-order valence-corrected chi connectivity index (χ2v) is 8.05. The molecule has 2 aromatic rings. The Labute approximate surface area is 172 Å². The van der Waals surface area contributed by atoms with Crippen molar-refractivity contribution in [3.8, 4) is 0 Å². The van der Waals surface area contributed by atoms with Gasteiger partial charge in [-0.15, -0.1) is 0 Å². The molecule has 7 heteroatoms. The first kappa shape index (κ1) is 19.4. The Bertz CT molecular complexity index is 802. The standard InChI is InChI=1S/C21H29N5OS/c1-15-14-17(16(2)23-15)20-19(18-6-3-4-7-22-18)24-21(28)26(20)9-5-8-25-10-12-27-13-11-25/h3-4,6-7,14,19-20,23H,5,8-13H2,1-2H3,(H,24,28)/t19-,20+/m1/s1. The molecule has 0 amide bonds. The third kappa shape index (κ3) is 4.06. The third-order valence-corrected chi connectivity index (χ3v) is 6.04. The van der Waals surface area contributed by atoms with Crippen LogP contribution in [-0.4, -0.2) is 64.3 Å². The zero-order valence-corrected chi connectivity index (χ0v) is 17.5. The van der Waals surface area contributed by atoms with E-state index in [-0.39, 0.29) is 12.1 Å². The summed E-state index contributed by atoms with van der Waals surface area (Å²) < 4.78 is 5.46. The average molecular weight is 400 g/mol. The van der Waals surface area contributed by atoms with Crippen LogP contribution < -0.4 is 5.32 Å². The highest BCUT2D eigenvalue weighted by Gasteiger charge is 2.40. The minimum Gasteiger partial charge on any atom is -0.379 e. The van der Waals surface area contributed by atoms with Crippen LogP contribution in [0.5, 0.6) is 0 Å². The van der Waals surface area contributed by atoms with Crippen molar-refractivity contribution in [1.29, 1.82) is 0 Å². The largest absolute Gasteiger partial charge is 0.379 e. The number of hydrogen-bond donors (Lipinski definition) is 2. The van der Waals surface area contributed by atoms with Crippen LogP contribution in [0.3, 0.4) is 0 Å². The van der Waals surface area contributed by atoms with E-state index in [1.807, 2.05) is 18.3 Å².